The minimum absolute atomic E-state index is 0.00829. The average molecular weight is 316 g/mol. The van der Waals surface area contributed by atoms with Crippen molar-refractivity contribution in [3.63, 3.8) is 0 Å². The highest BCUT2D eigenvalue weighted by Crippen LogP contribution is 2.40. The molecule has 0 aromatic carbocycles. The number of hydrogen-bond donors (Lipinski definition) is 1. The Labute approximate surface area is 126 Å². The lowest BCUT2D eigenvalue weighted by Crippen LogP contribution is -2.42. The highest BCUT2D eigenvalue weighted by Gasteiger charge is 2.39. The van der Waals surface area contributed by atoms with Crippen molar-refractivity contribution in [1.82, 2.24) is 9.78 Å². The van der Waals surface area contributed by atoms with Gasteiger partial charge in [0.15, 0.2) is 0 Å². The van der Waals surface area contributed by atoms with E-state index in [1.165, 1.54) is 0 Å². The molecule has 0 spiro atoms. The summed E-state index contributed by atoms with van der Waals surface area (Å²) in [6.45, 7) is -0.157. The largest absolute Gasteiger partial charge is 0.421 e. The van der Waals surface area contributed by atoms with E-state index < -0.39 is 22.9 Å². The number of alkyl halides is 3. The summed E-state index contributed by atoms with van der Waals surface area (Å²) < 4.78 is 40.0. The van der Waals surface area contributed by atoms with Crippen LogP contribution in [0.2, 0.25) is 0 Å². The van der Waals surface area contributed by atoms with Crippen LogP contribution in [-0.2, 0) is 12.7 Å². The van der Waals surface area contributed by atoms with Crippen LogP contribution in [-0.4, -0.2) is 20.5 Å². The summed E-state index contributed by atoms with van der Waals surface area (Å²) in [4.78, 5) is 12.1. The summed E-state index contributed by atoms with van der Waals surface area (Å²) in [5, 5.41) is 14.6. The molecule has 4 nitrogen and oxygen atoms in total. The highest BCUT2D eigenvalue weighted by atomic mass is 19.4. The van der Waals surface area contributed by atoms with Gasteiger partial charge in [-0.2, -0.15) is 18.3 Å². The molecule has 1 N–H and O–H groups in total. The molecule has 2 fully saturated rings. The third-order valence-corrected chi connectivity index (χ3v) is 4.52. The van der Waals surface area contributed by atoms with Crippen LogP contribution in [0, 0.1) is 0 Å². The van der Waals surface area contributed by atoms with Crippen LogP contribution in [0.5, 0.6) is 0 Å². The standard InChI is InChI=1S/C15H19F3N2O2/c16-15(17,18)11-8-12(10-4-5-10)19-20(13(11)21)9-14(22)6-2-1-3-7-14/h8,10,22H,1-7,9H2. The zero-order valence-electron chi connectivity index (χ0n) is 12.2. The third kappa shape index (κ3) is 3.19. The van der Waals surface area contributed by atoms with Crippen LogP contribution in [0.3, 0.4) is 0 Å². The number of rotatable bonds is 3. The number of aliphatic hydroxyl groups is 1. The van der Waals surface area contributed by atoms with E-state index in [9.17, 15) is 23.1 Å². The van der Waals surface area contributed by atoms with Gasteiger partial charge in [-0.3, -0.25) is 4.79 Å². The van der Waals surface area contributed by atoms with E-state index in [1.54, 1.807) is 0 Å². The first-order chi connectivity index (χ1) is 10.3. The van der Waals surface area contributed by atoms with E-state index in [4.69, 9.17) is 0 Å². The summed E-state index contributed by atoms with van der Waals surface area (Å²) in [7, 11) is 0. The maximum atomic E-state index is 13.1. The Hall–Kier alpha value is -1.37. The fourth-order valence-corrected chi connectivity index (χ4v) is 3.10. The number of aromatic nitrogens is 2. The van der Waals surface area contributed by atoms with Gasteiger partial charge in [-0.05, 0) is 31.7 Å². The predicted molar refractivity (Wildman–Crippen MR) is 73.5 cm³/mol. The Morgan fingerprint density at radius 1 is 1.27 bits per heavy atom. The molecule has 2 aliphatic carbocycles. The summed E-state index contributed by atoms with van der Waals surface area (Å²) in [5.41, 5.74) is -3.15. The first kappa shape index (κ1) is 15.5. The topological polar surface area (TPSA) is 55.1 Å². The van der Waals surface area contributed by atoms with Crippen LogP contribution in [0.25, 0.3) is 0 Å². The maximum absolute atomic E-state index is 13.1. The molecular weight excluding hydrogens is 297 g/mol. The van der Waals surface area contributed by atoms with Crippen molar-refractivity contribution in [3.05, 3.63) is 27.7 Å². The molecule has 0 saturated heterocycles. The lowest BCUT2D eigenvalue weighted by molar-refractivity contribution is -0.139. The molecule has 0 radical (unpaired) electrons. The molecule has 0 unspecified atom stereocenters. The van der Waals surface area contributed by atoms with Gasteiger partial charge in [0.25, 0.3) is 5.56 Å². The van der Waals surface area contributed by atoms with Gasteiger partial charge >= 0.3 is 6.18 Å². The van der Waals surface area contributed by atoms with Crippen molar-refractivity contribution < 1.29 is 18.3 Å². The highest BCUT2D eigenvalue weighted by molar-refractivity contribution is 5.22. The fraction of sp³-hybridized carbons (Fsp3) is 0.733. The van der Waals surface area contributed by atoms with Crippen LogP contribution in [0.15, 0.2) is 10.9 Å². The lowest BCUT2D eigenvalue weighted by atomic mass is 9.85. The molecule has 2 saturated carbocycles. The molecule has 3 rings (SSSR count). The first-order valence-corrected chi connectivity index (χ1v) is 7.70. The molecule has 22 heavy (non-hydrogen) atoms. The molecule has 1 heterocycles. The summed E-state index contributed by atoms with van der Waals surface area (Å²) >= 11 is 0. The minimum atomic E-state index is -4.69. The van der Waals surface area contributed by atoms with Gasteiger partial charge in [-0.1, -0.05) is 19.3 Å². The Bertz CT molecular complexity index is 614. The molecule has 7 heteroatoms. The molecule has 122 valence electrons. The Morgan fingerprint density at radius 2 is 1.91 bits per heavy atom. The van der Waals surface area contributed by atoms with Crippen molar-refractivity contribution in [1.29, 1.82) is 0 Å². The quantitative estimate of drug-likeness (QED) is 0.933. The van der Waals surface area contributed by atoms with Crippen LogP contribution in [0.1, 0.15) is 62.1 Å². The van der Waals surface area contributed by atoms with Gasteiger partial charge in [-0.25, -0.2) is 4.68 Å². The molecule has 2 aliphatic rings. The summed E-state index contributed by atoms with van der Waals surface area (Å²) in [5.74, 6) is 0.00829. The van der Waals surface area contributed by atoms with Gasteiger partial charge in [0, 0.05) is 5.92 Å². The minimum Gasteiger partial charge on any atom is -0.388 e. The number of nitrogens with zero attached hydrogens (tertiary/aromatic N) is 2. The van der Waals surface area contributed by atoms with Crippen LogP contribution >= 0.6 is 0 Å². The maximum Gasteiger partial charge on any atom is 0.421 e. The molecule has 0 aliphatic heterocycles. The Balaban J connectivity index is 1.98. The molecule has 1 aromatic rings. The number of halogens is 3. The van der Waals surface area contributed by atoms with E-state index in [1.807, 2.05) is 0 Å². The van der Waals surface area contributed by atoms with E-state index in [2.05, 4.69) is 5.10 Å². The third-order valence-electron chi connectivity index (χ3n) is 4.52. The number of hydrogen-bond acceptors (Lipinski definition) is 3. The second kappa shape index (κ2) is 5.37. The van der Waals surface area contributed by atoms with Crippen LogP contribution in [0.4, 0.5) is 13.2 Å². The zero-order chi connectivity index (χ0) is 16.0. The average Bonchev–Trinajstić information content (AvgIpc) is 3.24. The molecule has 0 bridgehead atoms. The van der Waals surface area contributed by atoms with Gasteiger partial charge in [0.1, 0.15) is 5.56 Å². The summed E-state index contributed by atoms with van der Waals surface area (Å²) in [6, 6.07) is 0.876. The van der Waals surface area contributed by atoms with Gasteiger partial charge in [0.2, 0.25) is 0 Å². The Morgan fingerprint density at radius 3 is 2.45 bits per heavy atom. The van der Waals surface area contributed by atoms with Gasteiger partial charge in [-0.15, -0.1) is 0 Å². The van der Waals surface area contributed by atoms with E-state index in [0.717, 1.165) is 42.9 Å². The zero-order valence-corrected chi connectivity index (χ0v) is 12.2. The summed E-state index contributed by atoms with van der Waals surface area (Å²) in [6.07, 6.45) is 0.534. The fourth-order valence-electron chi connectivity index (χ4n) is 3.10. The van der Waals surface area contributed by atoms with Crippen molar-refractivity contribution in [3.8, 4) is 0 Å². The van der Waals surface area contributed by atoms with E-state index in [-0.39, 0.29) is 12.5 Å². The second-order valence-corrected chi connectivity index (χ2v) is 6.50. The molecule has 1 aromatic heterocycles. The monoisotopic (exact) mass is 316 g/mol. The van der Waals surface area contributed by atoms with Crippen molar-refractivity contribution >= 4 is 0 Å². The predicted octanol–water partition coefficient (Wildman–Crippen LogP) is 2.83. The van der Waals surface area contributed by atoms with Crippen LogP contribution < -0.4 is 5.56 Å². The van der Waals surface area contributed by atoms with E-state index >= 15 is 0 Å². The lowest BCUT2D eigenvalue weighted by Gasteiger charge is -2.32. The van der Waals surface area contributed by atoms with Crippen molar-refractivity contribution in [2.75, 3.05) is 0 Å². The van der Waals surface area contributed by atoms with Gasteiger partial charge in [0.05, 0.1) is 17.8 Å². The molecular formula is C15H19F3N2O2. The molecule has 0 atom stereocenters. The van der Waals surface area contributed by atoms with Crippen molar-refractivity contribution in [2.45, 2.75) is 69.2 Å². The normalized spacial score (nSPS) is 21.8. The first-order valence-electron chi connectivity index (χ1n) is 7.70. The smallest absolute Gasteiger partial charge is 0.388 e. The van der Waals surface area contributed by atoms with Crippen molar-refractivity contribution in [2.24, 2.45) is 0 Å². The molecule has 0 amide bonds. The second-order valence-electron chi connectivity index (χ2n) is 6.50. The van der Waals surface area contributed by atoms with E-state index in [0.29, 0.717) is 18.5 Å². The van der Waals surface area contributed by atoms with Gasteiger partial charge < -0.3 is 5.11 Å². The Kier molecular flexibility index (Phi) is 3.79. The SMILES string of the molecule is O=c1c(C(F)(F)F)cc(C2CC2)nn1CC1(O)CCCCC1.